The molecule has 7 aromatic carbocycles. The second-order valence-corrected chi connectivity index (χ2v) is 20.0. The van der Waals surface area contributed by atoms with E-state index in [2.05, 4.69) is 53.4 Å². The van der Waals surface area contributed by atoms with Gasteiger partial charge in [0.05, 0.1) is 75.0 Å². The largest absolute Gasteiger partial charge is 0.507 e. The van der Waals surface area contributed by atoms with Gasteiger partial charge in [0, 0.05) is 64.6 Å². The van der Waals surface area contributed by atoms with Crippen LogP contribution in [0.1, 0.15) is 31.1 Å². The van der Waals surface area contributed by atoms with Gasteiger partial charge in [-0.3, -0.25) is 23.5 Å². The Bertz CT molecular complexity index is 3360. The second kappa shape index (κ2) is 22.7. The van der Waals surface area contributed by atoms with Crippen LogP contribution < -0.4 is 16.0 Å². The highest BCUT2D eigenvalue weighted by atomic mass is 32.2. The monoisotopic (exact) mass is 1110 g/mol. The van der Waals surface area contributed by atoms with Crippen LogP contribution in [0.25, 0.3) is 32.3 Å². The third-order valence-electron chi connectivity index (χ3n) is 9.63. The summed E-state index contributed by atoms with van der Waals surface area (Å²) in [6, 6.07) is 16.2. The van der Waals surface area contributed by atoms with Gasteiger partial charge in [-0.1, -0.05) is 20.2 Å². The Morgan fingerprint density at radius 1 is 0.389 bits per heavy atom. The number of hydrogen-bond acceptors (Lipinski definition) is 26. The van der Waals surface area contributed by atoms with Gasteiger partial charge in [0.1, 0.15) is 17.2 Å². The van der Waals surface area contributed by atoms with Crippen LogP contribution in [-0.4, -0.2) is 80.0 Å². The van der Waals surface area contributed by atoms with Crippen molar-refractivity contribution in [2.45, 2.75) is 29.4 Å². The Balaban J connectivity index is 1.37. The maximum atomic E-state index is 14.4. The minimum atomic E-state index is -4.91. The summed E-state index contributed by atoms with van der Waals surface area (Å²) < 4.78 is 85.5. The first-order valence-corrected chi connectivity index (χ1v) is 24.6. The maximum Gasteiger partial charge on any atom is 0.294 e. The molecule has 0 spiro atoms. The van der Waals surface area contributed by atoms with E-state index in [9.17, 15) is 55.6 Å². The quantitative estimate of drug-likeness (QED) is 0.0148. The number of fused-ring (bicyclic) bond motifs is 3. The van der Waals surface area contributed by atoms with Crippen LogP contribution >= 0.6 is 48.2 Å². The summed E-state index contributed by atoms with van der Waals surface area (Å²) in [7, 11) is -9.81. The first-order valence-electron chi connectivity index (χ1n) is 18.8. The van der Waals surface area contributed by atoms with Crippen molar-refractivity contribution in [3.8, 4) is 17.2 Å². The number of rotatable bonds is 20. The number of benzene rings is 7. The molecule has 33 heteroatoms. The first-order chi connectivity index (χ1) is 34.2. The molecule has 0 aliphatic heterocycles. The molecule has 27 nitrogen and oxygen atoms in total. The van der Waals surface area contributed by atoms with E-state index in [1.165, 1.54) is 42.5 Å². The van der Waals surface area contributed by atoms with E-state index < -0.39 is 81.7 Å². The highest BCUT2D eigenvalue weighted by Crippen LogP contribution is 2.42. The van der Waals surface area contributed by atoms with E-state index in [1.54, 1.807) is 0 Å². The molecule has 0 saturated heterocycles. The third-order valence-corrected chi connectivity index (χ3v) is 13.5. The topological polar surface area (TPSA) is 411 Å². The minimum absolute atomic E-state index is 0.00531. The Labute approximate surface area is 417 Å². The predicted molar refractivity (Wildman–Crippen MR) is 249 cm³/mol. The number of anilines is 3. The summed E-state index contributed by atoms with van der Waals surface area (Å²) in [4.78, 5) is 41.9. The van der Waals surface area contributed by atoms with Crippen molar-refractivity contribution >= 4 is 136 Å². The molecular weight excluding hydrogens is 1090 g/mol. The van der Waals surface area contributed by atoms with Crippen molar-refractivity contribution in [3.63, 3.8) is 0 Å². The summed E-state index contributed by atoms with van der Waals surface area (Å²) in [6.07, 6.45) is 0. The standard InChI is InChI=1S/C39H27N3O24S6/c43-31-13-25(70-66-62-52)5-16-4-22(67-63-59-49)10-28(34(16)31)40-37(46)19-1-20(38(47)41-29-11-23(68-64-60-50)6-17-8-26(71(53,54)55)14-32(44)35(17)29)3-21(2-19)39(48)42-30-12-24(69-65-61-51)7-18-9-27(72(56,57)58)15-33(45)36(18)30/h1-15,43-45,49-52H,(H,40,46)(H,41,47)(H,42,48)(H,53,54,55)(H,56,57,58). The summed E-state index contributed by atoms with van der Waals surface area (Å²) >= 11 is 1.61. The first kappa shape index (κ1) is 53.7. The van der Waals surface area contributed by atoms with E-state index in [4.69, 9.17) is 21.0 Å². The zero-order valence-corrected chi connectivity index (χ0v) is 39.7. The number of phenols is 3. The van der Waals surface area contributed by atoms with Crippen LogP contribution in [-0.2, 0) is 57.7 Å². The van der Waals surface area contributed by atoms with Gasteiger partial charge in [-0.05, 0) is 95.0 Å². The second-order valence-electron chi connectivity index (χ2n) is 14.0. The van der Waals surface area contributed by atoms with Gasteiger partial charge in [-0.2, -0.15) is 16.8 Å². The molecule has 0 aliphatic rings. The molecular formula is C39H27N3O24S6. The van der Waals surface area contributed by atoms with Gasteiger partial charge >= 0.3 is 0 Å². The molecule has 0 saturated carbocycles. The molecule has 7 aromatic rings. The maximum absolute atomic E-state index is 14.4. The van der Waals surface area contributed by atoms with E-state index >= 15 is 0 Å². The number of nitrogens with one attached hydrogen (secondary N) is 3. The fraction of sp³-hybridized carbons (Fsp3) is 0. The average Bonchev–Trinajstić information content (AvgIpc) is 3.32. The highest BCUT2D eigenvalue weighted by Gasteiger charge is 2.24. The third kappa shape index (κ3) is 12.5. The van der Waals surface area contributed by atoms with Gasteiger partial charge in [-0.15, -0.1) is 17.3 Å². The Kier molecular flexibility index (Phi) is 17.0. The molecule has 0 unspecified atom stereocenters. The predicted octanol–water partition coefficient (Wildman–Crippen LogP) is 8.23. The summed E-state index contributed by atoms with van der Waals surface area (Å²) in [6.45, 7) is 0. The van der Waals surface area contributed by atoms with E-state index in [0.29, 0.717) is 60.3 Å². The molecule has 378 valence electrons. The molecule has 3 amide bonds. The van der Waals surface area contributed by atoms with Crippen LogP contribution in [0.2, 0.25) is 0 Å². The molecule has 72 heavy (non-hydrogen) atoms. The average molecular weight is 1110 g/mol. The number of carbonyl (C=O) groups excluding carboxylic acids is 3. The lowest BCUT2D eigenvalue weighted by molar-refractivity contribution is -0.432. The fourth-order valence-electron chi connectivity index (χ4n) is 6.92. The minimum Gasteiger partial charge on any atom is -0.507 e. The van der Waals surface area contributed by atoms with E-state index in [1.807, 2.05) is 0 Å². The summed E-state index contributed by atoms with van der Waals surface area (Å²) in [5.74, 6) is -5.34. The zero-order valence-electron chi connectivity index (χ0n) is 34.8. The van der Waals surface area contributed by atoms with Crippen LogP contribution in [0.5, 0.6) is 17.2 Å². The van der Waals surface area contributed by atoms with Gasteiger partial charge in [0.25, 0.3) is 38.0 Å². The van der Waals surface area contributed by atoms with Crippen LogP contribution in [0.3, 0.4) is 0 Å². The molecule has 12 N–H and O–H groups in total. The van der Waals surface area contributed by atoms with Crippen molar-refractivity contribution in [1.82, 2.24) is 0 Å². The number of phenolic OH excluding ortho intramolecular Hbond substituents is 3. The fourth-order valence-corrected chi connectivity index (χ4v) is 9.79. The Morgan fingerprint density at radius 3 is 0.931 bits per heavy atom. The molecule has 0 bridgehead atoms. The van der Waals surface area contributed by atoms with Crippen LogP contribution in [0.4, 0.5) is 17.1 Å². The smallest absolute Gasteiger partial charge is 0.294 e. The van der Waals surface area contributed by atoms with Crippen LogP contribution in [0, 0.1) is 0 Å². The van der Waals surface area contributed by atoms with Crippen molar-refractivity contribution in [2.75, 3.05) is 16.0 Å². The van der Waals surface area contributed by atoms with Crippen LogP contribution in [0.15, 0.2) is 120 Å². The van der Waals surface area contributed by atoms with Crippen molar-refractivity contribution in [2.24, 2.45) is 0 Å². The number of hydrogen-bond donors (Lipinski definition) is 12. The SMILES string of the molecule is O=C(Nc1cc(SOOO)cc2cc(SOOO)cc(O)c12)c1cc(C(=O)Nc2cc(SOOO)cc3cc(S(=O)(=O)O)cc(O)c23)cc(C(=O)Nc2cc(SOOO)cc3cc(S(=O)(=O)O)cc(O)c23)c1. The number of aromatic hydroxyl groups is 3. The van der Waals surface area contributed by atoms with Gasteiger partial charge in [-0.25, -0.2) is 21.0 Å². The molecule has 0 atom stereocenters. The lowest BCUT2D eigenvalue weighted by atomic mass is 10.0. The molecule has 0 fully saturated rings. The van der Waals surface area contributed by atoms with Crippen molar-refractivity contribution in [1.29, 1.82) is 0 Å². The number of amides is 3. The van der Waals surface area contributed by atoms with Gasteiger partial charge < -0.3 is 31.3 Å². The molecule has 7 rings (SSSR count). The Hall–Kier alpha value is -6.13. The van der Waals surface area contributed by atoms with Crippen molar-refractivity contribution < 1.29 is 114 Å². The highest BCUT2D eigenvalue weighted by molar-refractivity contribution is 7.95. The summed E-state index contributed by atoms with van der Waals surface area (Å²) in [5, 5.41) is 89.8. The van der Waals surface area contributed by atoms with Gasteiger partial charge in [0.15, 0.2) is 0 Å². The zero-order chi connectivity index (χ0) is 52.1. The molecule has 0 aromatic heterocycles. The normalized spacial score (nSPS) is 11.9. The lowest BCUT2D eigenvalue weighted by Gasteiger charge is -2.16. The van der Waals surface area contributed by atoms with E-state index in [0.717, 1.165) is 36.4 Å². The molecule has 0 radical (unpaired) electrons. The number of carbonyl (C=O) groups is 3. The lowest BCUT2D eigenvalue weighted by Crippen LogP contribution is -2.20. The van der Waals surface area contributed by atoms with Gasteiger partial charge in [0.2, 0.25) is 0 Å². The molecule has 0 heterocycles. The van der Waals surface area contributed by atoms with E-state index in [-0.39, 0.29) is 69.0 Å². The van der Waals surface area contributed by atoms with Crippen molar-refractivity contribution in [3.05, 3.63) is 108 Å². The Morgan fingerprint density at radius 2 is 0.653 bits per heavy atom. The molecule has 0 aliphatic carbocycles. The summed E-state index contributed by atoms with van der Waals surface area (Å²) in [5.41, 5.74) is -2.14.